The lowest BCUT2D eigenvalue weighted by molar-refractivity contribution is -0.132. The largest absolute Gasteiger partial charge is 0.465 e. The van der Waals surface area contributed by atoms with Crippen LogP contribution >= 0.6 is 15.9 Å². The van der Waals surface area contributed by atoms with Gasteiger partial charge in [-0.05, 0) is 57.4 Å². The Labute approximate surface area is 208 Å². The Hall–Kier alpha value is -2.62. The molecule has 0 aliphatic carbocycles. The minimum absolute atomic E-state index is 0.138. The summed E-state index contributed by atoms with van der Waals surface area (Å²) in [5, 5.41) is 2.78. The van der Waals surface area contributed by atoms with E-state index in [1.807, 2.05) is 43.9 Å². The van der Waals surface area contributed by atoms with E-state index in [1.165, 1.54) is 7.11 Å². The van der Waals surface area contributed by atoms with E-state index in [9.17, 15) is 19.2 Å². The number of carbonyl (C=O) groups excluding carboxylic acids is 4. The molecule has 3 saturated heterocycles. The number of amides is 3. The molecule has 1 aromatic rings. The lowest BCUT2D eigenvalue weighted by Gasteiger charge is -2.36. The molecule has 0 aromatic heterocycles. The molecule has 0 radical (unpaired) electrons. The number of methoxy groups -OCH3 is 1. The van der Waals surface area contributed by atoms with Crippen molar-refractivity contribution >= 4 is 45.5 Å². The van der Waals surface area contributed by atoms with Gasteiger partial charge in [0.25, 0.3) is 0 Å². The number of rotatable bonds is 3. The highest BCUT2D eigenvalue weighted by Gasteiger charge is 2.46. The molecule has 0 spiro atoms. The zero-order chi connectivity index (χ0) is 25.0. The monoisotopic (exact) mass is 537 g/mol. The molecular weight excluding hydrogens is 506 g/mol. The Kier molecular flexibility index (Phi) is 8.22. The number of ether oxygens (including phenoxy) is 2. The number of carbonyl (C=O) groups is 4. The number of fused-ring (bicyclic) bond motifs is 2. The number of benzene rings is 1. The lowest BCUT2D eigenvalue weighted by atomic mass is 10.1. The molecule has 3 amide bonds. The standard InChI is InChI=1S/C19H25BrN2O4.C5H7NO2/c1-19(2,3)26-18(24)22-11-14-8-15(22)10-21(14)13-5-6-16(17(23)25-4)12(7-13)9-20;7-4-2-1-3-5(8)6-4/h5-7,14-15H,8-11H2,1-4H3;1-3H2,(H,6,7,8)/t14-,15-;/m1./s1. The quantitative estimate of drug-likeness (QED) is 0.358. The van der Waals surface area contributed by atoms with Gasteiger partial charge >= 0.3 is 12.1 Å². The summed E-state index contributed by atoms with van der Waals surface area (Å²) in [5.74, 6) is -0.604. The van der Waals surface area contributed by atoms with Gasteiger partial charge in [-0.15, -0.1) is 0 Å². The number of nitrogens with zero attached hydrogens (tertiary/aromatic N) is 2. The van der Waals surface area contributed by atoms with E-state index in [-0.39, 0.29) is 36.0 Å². The zero-order valence-corrected chi connectivity index (χ0v) is 21.6. The van der Waals surface area contributed by atoms with E-state index in [2.05, 4.69) is 26.1 Å². The van der Waals surface area contributed by atoms with Crippen LogP contribution < -0.4 is 10.2 Å². The maximum Gasteiger partial charge on any atom is 0.410 e. The van der Waals surface area contributed by atoms with Crippen molar-refractivity contribution in [1.29, 1.82) is 0 Å². The van der Waals surface area contributed by atoms with Crippen molar-refractivity contribution in [3.05, 3.63) is 29.3 Å². The van der Waals surface area contributed by atoms with Crippen LogP contribution in [0.25, 0.3) is 0 Å². The Balaban J connectivity index is 0.000000343. The first-order valence-corrected chi connectivity index (χ1v) is 12.5. The molecule has 3 heterocycles. The maximum atomic E-state index is 12.4. The molecule has 10 heteroatoms. The third kappa shape index (κ3) is 6.28. The second-order valence-corrected chi connectivity index (χ2v) is 10.2. The molecule has 1 aromatic carbocycles. The van der Waals surface area contributed by atoms with Gasteiger partial charge in [0.1, 0.15) is 5.60 Å². The van der Waals surface area contributed by atoms with Crippen molar-refractivity contribution in [3.8, 4) is 0 Å². The van der Waals surface area contributed by atoms with Gasteiger partial charge in [-0.3, -0.25) is 14.9 Å². The van der Waals surface area contributed by atoms with Gasteiger partial charge in [0, 0.05) is 43.0 Å². The number of likely N-dealkylation sites (tertiary alicyclic amines) is 1. The Morgan fingerprint density at radius 2 is 1.79 bits per heavy atom. The summed E-state index contributed by atoms with van der Waals surface area (Å²) in [6.45, 7) is 7.10. The maximum absolute atomic E-state index is 12.4. The zero-order valence-electron chi connectivity index (χ0n) is 20.1. The first-order valence-electron chi connectivity index (χ1n) is 11.4. The lowest BCUT2D eigenvalue weighted by Crippen LogP contribution is -2.50. The van der Waals surface area contributed by atoms with Gasteiger partial charge in [-0.1, -0.05) is 15.9 Å². The Morgan fingerprint density at radius 1 is 1.12 bits per heavy atom. The van der Waals surface area contributed by atoms with E-state index < -0.39 is 5.60 Å². The van der Waals surface area contributed by atoms with Gasteiger partial charge in [0.15, 0.2) is 0 Å². The predicted molar refractivity (Wildman–Crippen MR) is 130 cm³/mol. The van der Waals surface area contributed by atoms with Gasteiger partial charge in [-0.25, -0.2) is 9.59 Å². The summed E-state index contributed by atoms with van der Waals surface area (Å²) in [6, 6.07) is 6.24. The highest BCUT2D eigenvalue weighted by molar-refractivity contribution is 9.08. The molecule has 3 fully saturated rings. The smallest absolute Gasteiger partial charge is 0.410 e. The van der Waals surface area contributed by atoms with E-state index in [1.54, 1.807) is 0 Å². The van der Waals surface area contributed by atoms with Crippen LogP contribution in [0.5, 0.6) is 0 Å². The van der Waals surface area contributed by atoms with Crippen LogP contribution in [0.2, 0.25) is 0 Å². The molecule has 2 atom stereocenters. The molecule has 34 heavy (non-hydrogen) atoms. The predicted octanol–water partition coefficient (Wildman–Crippen LogP) is 3.38. The summed E-state index contributed by atoms with van der Waals surface area (Å²) in [6.07, 6.45) is 2.44. The first-order chi connectivity index (χ1) is 16.0. The Morgan fingerprint density at radius 3 is 2.26 bits per heavy atom. The molecule has 2 bridgehead atoms. The van der Waals surface area contributed by atoms with Crippen LogP contribution in [-0.4, -0.2) is 66.7 Å². The average molecular weight is 538 g/mol. The fourth-order valence-electron chi connectivity index (χ4n) is 4.40. The third-order valence-electron chi connectivity index (χ3n) is 5.92. The van der Waals surface area contributed by atoms with Crippen LogP contribution in [0.3, 0.4) is 0 Å². The number of nitrogens with one attached hydrogen (secondary N) is 1. The second kappa shape index (κ2) is 10.8. The number of anilines is 1. The summed E-state index contributed by atoms with van der Waals surface area (Å²) < 4.78 is 10.4. The van der Waals surface area contributed by atoms with Crippen molar-refractivity contribution in [2.45, 2.75) is 69.5 Å². The summed E-state index contributed by atoms with van der Waals surface area (Å²) >= 11 is 3.45. The number of esters is 1. The summed E-state index contributed by atoms with van der Waals surface area (Å²) in [7, 11) is 1.39. The normalized spacial score (nSPS) is 21.6. The molecular formula is C24H32BrN3O6. The SMILES string of the molecule is COC(=O)c1ccc(N2C[C@H]3C[C@@H]2CN3C(=O)OC(C)(C)C)cc1CBr.O=C1CCCC(=O)N1. The molecule has 0 unspecified atom stereocenters. The fraction of sp³-hybridized carbons (Fsp3) is 0.583. The number of hydrogen-bond donors (Lipinski definition) is 1. The van der Waals surface area contributed by atoms with Gasteiger partial charge in [-0.2, -0.15) is 0 Å². The topological polar surface area (TPSA) is 105 Å². The number of imide groups is 1. The molecule has 3 aliphatic heterocycles. The van der Waals surface area contributed by atoms with E-state index in [4.69, 9.17) is 9.47 Å². The van der Waals surface area contributed by atoms with Crippen LogP contribution in [0, 0.1) is 0 Å². The minimum Gasteiger partial charge on any atom is -0.465 e. The number of hydrogen-bond acceptors (Lipinski definition) is 7. The van der Waals surface area contributed by atoms with E-state index in [0.29, 0.717) is 36.7 Å². The van der Waals surface area contributed by atoms with Crippen molar-refractivity contribution < 1.29 is 28.7 Å². The summed E-state index contributed by atoms with van der Waals surface area (Å²) in [5.41, 5.74) is 2.07. The first kappa shape index (κ1) is 26.0. The molecule has 4 rings (SSSR count). The van der Waals surface area contributed by atoms with Crippen molar-refractivity contribution in [2.24, 2.45) is 0 Å². The average Bonchev–Trinajstić information content (AvgIpc) is 3.38. The van der Waals surface area contributed by atoms with Gasteiger partial charge in [0.05, 0.1) is 18.7 Å². The number of halogens is 1. The molecule has 9 nitrogen and oxygen atoms in total. The number of piperidine rings is 1. The molecule has 0 saturated carbocycles. The fourth-order valence-corrected chi connectivity index (χ4v) is 4.86. The number of alkyl halides is 1. The van der Waals surface area contributed by atoms with Crippen molar-refractivity contribution in [1.82, 2.24) is 10.2 Å². The van der Waals surface area contributed by atoms with Crippen LogP contribution in [0.4, 0.5) is 10.5 Å². The van der Waals surface area contributed by atoms with Crippen LogP contribution in [0.15, 0.2) is 18.2 Å². The minimum atomic E-state index is -0.479. The van der Waals surface area contributed by atoms with Crippen LogP contribution in [0.1, 0.15) is 62.4 Å². The molecule has 186 valence electrons. The van der Waals surface area contributed by atoms with Crippen molar-refractivity contribution in [2.75, 3.05) is 25.1 Å². The van der Waals surface area contributed by atoms with Gasteiger partial charge < -0.3 is 19.3 Å². The van der Waals surface area contributed by atoms with Gasteiger partial charge in [0.2, 0.25) is 11.8 Å². The highest BCUT2D eigenvalue weighted by atomic mass is 79.9. The third-order valence-corrected chi connectivity index (χ3v) is 6.53. The highest BCUT2D eigenvalue weighted by Crippen LogP contribution is 2.36. The van der Waals surface area contributed by atoms with E-state index in [0.717, 1.165) is 24.2 Å². The van der Waals surface area contributed by atoms with E-state index >= 15 is 0 Å². The number of piperazine rings is 1. The van der Waals surface area contributed by atoms with Crippen molar-refractivity contribution in [3.63, 3.8) is 0 Å². The Bertz CT molecular complexity index is 947. The molecule has 3 aliphatic rings. The summed E-state index contributed by atoms with van der Waals surface area (Å²) in [4.78, 5) is 49.1. The second-order valence-electron chi connectivity index (χ2n) is 9.62. The van der Waals surface area contributed by atoms with Crippen LogP contribution in [-0.2, 0) is 24.4 Å². The molecule has 1 N–H and O–H groups in total.